The molecule has 0 aliphatic rings. The molecule has 0 aromatic heterocycles. The highest BCUT2D eigenvalue weighted by atomic mass is 35.5. The number of hydrogen-bond donors (Lipinski definition) is 1. The van der Waals surface area contributed by atoms with Gasteiger partial charge in [0, 0.05) is 11.4 Å². The summed E-state index contributed by atoms with van der Waals surface area (Å²) in [4.78, 5) is 21.6. The molecule has 0 radical (unpaired) electrons. The van der Waals surface area contributed by atoms with Crippen molar-refractivity contribution < 1.29 is 14.3 Å². The Bertz CT molecular complexity index is 389. The second-order valence-electron chi connectivity index (χ2n) is 3.59. The molecule has 0 spiro atoms. The first kappa shape index (κ1) is 13.5. The zero-order valence-corrected chi connectivity index (χ0v) is 10.1. The molecule has 2 N–H and O–H groups in total. The third kappa shape index (κ3) is 5.92. The highest BCUT2D eigenvalue weighted by Crippen LogP contribution is 2.15. The lowest BCUT2D eigenvalue weighted by Crippen LogP contribution is -2.16. The van der Waals surface area contributed by atoms with Gasteiger partial charge in [0.1, 0.15) is 11.5 Å². The lowest BCUT2D eigenvalue weighted by molar-refractivity contribution is -0.126. The predicted molar refractivity (Wildman–Crippen MR) is 65.0 cm³/mol. The van der Waals surface area contributed by atoms with Crippen molar-refractivity contribution in [3.8, 4) is 5.75 Å². The molecule has 0 bridgehead atoms. The van der Waals surface area contributed by atoms with Gasteiger partial charge in [-0.15, -0.1) is 0 Å². The lowest BCUT2D eigenvalue weighted by atomic mass is 10.2. The van der Waals surface area contributed by atoms with Gasteiger partial charge in [0.25, 0.3) is 0 Å². The van der Waals surface area contributed by atoms with Crippen molar-refractivity contribution in [2.24, 2.45) is 5.73 Å². The van der Waals surface area contributed by atoms with Crippen LogP contribution in [0.1, 0.15) is 19.3 Å². The van der Waals surface area contributed by atoms with E-state index in [0.717, 1.165) is 0 Å². The van der Waals surface area contributed by atoms with Gasteiger partial charge in [0.05, 0.1) is 13.0 Å². The molecule has 1 aromatic rings. The van der Waals surface area contributed by atoms with Gasteiger partial charge in [-0.25, -0.2) is 0 Å². The average Bonchev–Trinajstić information content (AvgIpc) is 2.26. The van der Waals surface area contributed by atoms with Gasteiger partial charge >= 0.3 is 0 Å². The smallest absolute Gasteiger partial charge is 0.224 e. The van der Waals surface area contributed by atoms with Crippen LogP contribution in [0.3, 0.4) is 0 Å². The van der Waals surface area contributed by atoms with E-state index in [0.29, 0.717) is 30.2 Å². The minimum Gasteiger partial charge on any atom is -0.494 e. The second kappa shape index (κ2) is 6.91. The fourth-order valence-electron chi connectivity index (χ4n) is 1.27. The van der Waals surface area contributed by atoms with E-state index in [-0.39, 0.29) is 12.2 Å². The van der Waals surface area contributed by atoms with Gasteiger partial charge in [-0.3, -0.25) is 9.59 Å². The van der Waals surface area contributed by atoms with E-state index in [9.17, 15) is 9.59 Å². The Balaban J connectivity index is 2.18. The van der Waals surface area contributed by atoms with Crippen LogP contribution in [0.15, 0.2) is 24.3 Å². The number of nitrogens with two attached hydrogens (primary N) is 1. The number of rotatable bonds is 7. The summed E-state index contributed by atoms with van der Waals surface area (Å²) in [6.45, 7) is 0.423. The van der Waals surface area contributed by atoms with Crippen LogP contribution in [0.25, 0.3) is 0 Å². The Morgan fingerprint density at radius 1 is 1.24 bits per heavy atom. The van der Waals surface area contributed by atoms with Crippen LogP contribution >= 0.6 is 11.6 Å². The number of ether oxygens (including phenoxy) is 1. The quantitative estimate of drug-likeness (QED) is 0.598. The molecule has 0 fully saturated rings. The van der Waals surface area contributed by atoms with E-state index in [1.54, 1.807) is 24.3 Å². The molecule has 0 atom stereocenters. The Hall–Kier alpha value is -1.55. The Morgan fingerprint density at radius 2 is 1.88 bits per heavy atom. The highest BCUT2D eigenvalue weighted by Gasteiger charge is 2.05. The third-order valence-corrected chi connectivity index (χ3v) is 2.31. The summed E-state index contributed by atoms with van der Waals surface area (Å²) in [5, 5.41) is 0.647. The van der Waals surface area contributed by atoms with Crippen LogP contribution in [0.5, 0.6) is 5.75 Å². The predicted octanol–water partition coefficient (Wildman–Crippen LogP) is 1.94. The van der Waals surface area contributed by atoms with Gasteiger partial charge in [-0.05, 0) is 30.7 Å². The number of halogens is 1. The van der Waals surface area contributed by atoms with Crippen molar-refractivity contribution in [1.29, 1.82) is 0 Å². The lowest BCUT2D eigenvalue weighted by Gasteiger charge is -2.05. The Morgan fingerprint density at radius 3 is 2.47 bits per heavy atom. The molecule has 0 saturated carbocycles. The minimum atomic E-state index is -0.589. The van der Waals surface area contributed by atoms with Gasteiger partial charge < -0.3 is 10.5 Å². The number of carbonyl (C=O) groups excluding carboxylic acids is 2. The zero-order chi connectivity index (χ0) is 12.7. The summed E-state index contributed by atoms with van der Waals surface area (Å²) in [7, 11) is 0. The van der Waals surface area contributed by atoms with Gasteiger partial charge in [-0.1, -0.05) is 11.6 Å². The van der Waals surface area contributed by atoms with Crippen molar-refractivity contribution in [1.82, 2.24) is 0 Å². The maximum Gasteiger partial charge on any atom is 0.224 e. The third-order valence-electron chi connectivity index (χ3n) is 2.05. The standard InChI is InChI=1S/C12H14ClNO3/c13-9-3-5-11(6-4-9)17-7-1-2-10(15)8-12(14)16/h3-6H,1-2,7-8H2,(H2,14,16). The van der Waals surface area contributed by atoms with Crippen LogP contribution < -0.4 is 10.5 Å². The normalized spacial score (nSPS) is 9.94. The van der Waals surface area contributed by atoms with Crippen molar-refractivity contribution in [2.45, 2.75) is 19.3 Å². The van der Waals surface area contributed by atoms with Gasteiger partial charge in [0.15, 0.2) is 0 Å². The first-order valence-electron chi connectivity index (χ1n) is 5.26. The van der Waals surface area contributed by atoms with Crippen molar-refractivity contribution in [2.75, 3.05) is 6.61 Å². The number of ketones is 1. The Kier molecular flexibility index (Phi) is 5.49. The number of primary amides is 1. The molecular weight excluding hydrogens is 242 g/mol. The van der Waals surface area contributed by atoms with Crippen LogP contribution in [-0.2, 0) is 9.59 Å². The number of carbonyl (C=O) groups is 2. The molecule has 1 amide bonds. The van der Waals surface area contributed by atoms with Crippen molar-refractivity contribution in [3.63, 3.8) is 0 Å². The maximum atomic E-state index is 11.1. The second-order valence-corrected chi connectivity index (χ2v) is 4.02. The highest BCUT2D eigenvalue weighted by molar-refractivity contribution is 6.30. The molecule has 17 heavy (non-hydrogen) atoms. The molecule has 1 aromatic carbocycles. The number of Topliss-reactive ketones (excluding diaryl/α,β-unsaturated/α-hetero) is 1. The first-order valence-corrected chi connectivity index (χ1v) is 5.64. The van der Waals surface area contributed by atoms with E-state index >= 15 is 0 Å². The number of amides is 1. The van der Waals surface area contributed by atoms with Gasteiger partial charge in [0.2, 0.25) is 5.91 Å². The molecule has 1 rings (SSSR count). The number of benzene rings is 1. The zero-order valence-electron chi connectivity index (χ0n) is 9.32. The van der Waals surface area contributed by atoms with Crippen LogP contribution in [-0.4, -0.2) is 18.3 Å². The minimum absolute atomic E-state index is 0.155. The summed E-state index contributed by atoms with van der Waals surface area (Å²) in [5.41, 5.74) is 4.90. The average molecular weight is 256 g/mol. The molecule has 0 heterocycles. The summed E-state index contributed by atoms with van der Waals surface area (Å²) in [5.74, 6) is -0.0393. The van der Waals surface area contributed by atoms with Crippen molar-refractivity contribution in [3.05, 3.63) is 29.3 Å². The van der Waals surface area contributed by atoms with Gasteiger partial charge in [-0.2, -0.15) is 0 Å². The molecule has 0 aliphatic carbocycles. The summed E-state index contributed by atoms with van der Waals surface area (Å²) in [6, 6.07) is 6.98. The Labute approximate surface area is 105 Å². The first-order chi connectivity index (χ1) is 8.08. The van der Waals surface area contributed by atoms with Crippen LogP contribution in [0.4, 0.5) is 0 Å². The van der Waals surface area contributed by atoms with E-state index in [2.05, 4.69) is 0 Å². The van der Waals surface area contributed by atoms with E-state index in [1.165, 1.54) is 0 Å². The van der Waals surface area contributed by atoms with E-state index < -0.39 is 5.91 Å². The molecule has 0 saturated heterocycles. The topological polar surface area (TPSA) is 69.4 Å². The fraction of sp³-hybridized carbons (Fsp3) is 0.333. The van der Waals surface area contributed by atoms with E-state index in [4.69, 9.17) is 22.1 Å². The molecule has 5 heteroatoms. The SMILES string of the molecule is NC(=O)CC(=O)CCCOc1ccc(Cl)cc1. The summed E-state index contributed by atoms with van der Waals surface area (Å²) >= 11 is 5.72. The molecule has 0 aliphatic heterocycles. The molecular formula is C12H14ClNO3. The molecule has 4 nitrogen and oxygen atoms in total. The maximum absolute atomic E-state index is 11.1. The largest absolute Gasteiger partial charge is 0.494 e. The monoisotopic (exact) mass is 255 g/mol. The number of hydrogen-bond acceptors (Lipinski definition) is 3. The molecule has 92 valence electrons. The van der Waals surface area contributed by atoms with Crippen LogP contribution in [0.2, 0.25) is 5.02 Å². The summed E-state index contributed by atoms with van der Waals surface area (Å²) in [6.07, 6.45) is 0.673. The van der Waals surface area contributed by atoms with Crippen molar-refractivity contribution >= 4 is 23.3 Å². The molecule has 0 unspecified atom stereocenters. The van der Waals surface area contributed by atoms with E-state index in [1.807, 2.05) is 0 Å². The summed E-state index contributed by atoms with van der Waals surface area (Å²) < 4.78 is 5.39. The fourth-order valence-corrected chi connectivity index (χ4v) is 1.40. The van der Waals surface area contributed by atoms with Crippen LogP contribution in [0, 0.1) is 0 Å².